The Hall–Kier alpha value is -3.63. The number of nitrogens with two attached hydrogens (primary N) is 1. The van der Waals surface area contributed by atoms with Crippen LogP contribution in [0.2, 0.25) is 0 Å². The minimum Gasteiger partial charge on any atom is -0.445 e. The lowest BCUT2D eigenvalue weighted by molar-refractivity contribution is -0.133. The van der Waals surface area contributed by atoms with Crippen LogP contribution in [-0.2, 0) is 25.7 Å². The third-order valence-corrected chi connectivity index (χ3v) is 7.44. The second-order valence-electron chi connectivity index (χ2n) is 14.6. The summed E-state index contributed by atoms with van der Waals surface area (Å²) in [7, 11) is 1.71. The molecule has 0 saturated carbocycles. The Balaban J connectivity index is 2.87. The molecule has 0 aliphatic heterocycles. The summed E-state index contributed by atoms with van der Waals surface area (Å²) < 4.78 is 5.42. The van der Waals surface area contributed by atoms with Crippen molar-refractivity contribution in [3.05, 3.63) is 29.8 Å². The van der Waals surface area contributed by atoms with Gasteiger partial charge in [0.1, 0.15) is 18.4 Å². The van der Waals surface area contributed by atoms with E-state index in [-0.39, 0.29) is 54.4 Å². The van der Waals surface area contributed by atoms with Crippen LogP contribution in [0.25, 0.3) is 0 Å². The number of anilines is 1. The zero-order valence-corrected chi connectivity index (χ0v) is 28.9. The molecule has 0 aromatic heterocycles. The number of rotatable bonds is 17. The molecule has 0 aliphatic carbocycles. The van der Waals surface area contributed by atoms with Gasteiger partial charge in [-0.1, -0.05) is 67.5 Å². The molecule has 0 radical (unpaired) electrons. The first-order valence-corrected chi connectivity index (χ1v) is 15.9. The molecule has 11 nitrogen and oxygen atoms in total. The molecule has 0 saturated heterocycles. The van der Waals surface area contributed by atoms with Gasteiger partial charge in [0.15, 0.2) is 0 Å². The van der Waals surface area contributed by atoms with Gasteiger partial charge < -0.3 is 31.3 Å². The molecule has 0 heterocycles. The number of hydrogen-bond donors (Lipinski definition) is 4. The van der Waals surface area contributed by atoms with Crippen LogP contribution in [0.5, 0.6) is 0 Å². The molecule has 5 N–H and O–H groups in total. The van der Waals surface area contributed by atoms with Crippen molar-refractivity contribution in [3.8, 4) is 0 Å². The van der Waals surface area contributed by atoms with Gasteiger partial charge in [0, 0.05) is 44.6 Å². The molecule has 1 rings (SSSR count). The maximum absolute atomic E-state index is 13.4. The quantitative estimate of drug-likeness (QED) is 0.163. The minimum absolute atomic E-state index is 0.0126. The van der Waals surface area contributed by atoms with Crippen LogP contribution in [0.3, 0.4) is 0 Å². The fraction of sp³-hybridized carbons (Fsp3) is 0.676. The van der Waals surface area contributed by atoms with Gasteiger partial charge in [-0.25, -0.2) is 9.59 Å². The van der Waals surface area contributed by atoms with E-state index in [0.29, 0.717) is 25.1 Å². The maximum atomic E-state index is 13.4. The summed E-state index contributed by atoms with van der Waals surface area (Å²) in [5.74, 6) is -1.45. The highest BCUT2D eigenvalue weighted by Gasteiger charge is 2.29. The van der Waals surface area contributed by atoms with Crippen molar-refractivity contribution in [1.29, 1.82) is 0 Å². The maximum Gasteiger partial charge on any atom is 0.409 e. The van der Waals surface area contributed by atoms with Gasteiger partial charge in [-0.2, -0.15) is 0 Å². The van der Waals surface area contributed by atoms with Crippen LogP contribution >= 0.6 is 0 Å². The number of ketones is 1. The number of Topliss-reactive ketones (excluding diaryl/α,β-unsaturated/α-hetero) is 1. The average Bonchev–Trinajstić information content (AvgIpc) is 2.93. The number of nitrogens with zero attached hydrogens (tertiary/aromatic N) is 1. The highest BCUT2D eigenvalue weighted by molar-refractivity contribution is 5.98. The van der Waals surface area contributed by atoms with E-state index < -0.39 is 30.0 Å². The Morgan fingerprint density at radius 2 is 1.51 bits per heavy atom. The number of urea groups is 1. The highest BCUT2D eigenvalue weighted by Crippen LogP contribution is 2.24. The monoisotopic (exact) mass is 631 g/mol. The van der Waals surface area contributed by atoms with Crippen molar-refractivity contribution in [2.24, 2.45) is 28.4 Å². The summed E-state index contributed by atoms with van der Waals surface area (Å²) in [6.07, 6.45) is 2.32. The zero-order valence-electron chi connectivity index (χ0n) is 28.9. The Morgan fingerprint density at radius 3 is 2.04 bits per heavy atom. The van der Waals surface area contributed by atoms with Gasteiger partial charge >= 0.3 is 12.1 Å². The first-order chi connectivity index (χ1) is 20.8. The predicted octanol–water partition coefficient (Wildman–Crippen LogP) is 5.62. The first kappa shape index (κ1) is 39.4. The molecule has 5 amide bonds. The van der Waals surface area contributed by atoms with Crippen molar-refractivity contribution in [1.82, 2.24) is 15.5 Å². The van der Waals surface area contributed by atoms with E-state index in [4.69, 9.17) is 10.5 Å². The van der Waals surface area contributed by atoms with E-state index in [0.717, 1.165) is 18.4 Å². The van der Waals surface area contributed by atoms with E-state index in [1.165, 1.54) is 0 Å². The number of nitrogens with one attached hydrogen (secondary N) is 3. The minimum atomic E-state index is -0.901. The predicted molar refractivity (Wildman–Crippen MR) is 177 cm³/mol. The van der Waals surface area contributed by atoms with Crippen LogP contribution in [0.4, 0.5) is 15.3 Å². The molecular weight excluding hydrogens is 574 g/mol. The standard InChI is InChI=1S/C34H57N5O6/c1-23(2)27(21-26(40)16-17-33(3,4)5)29(41)38-28(11-10-19-36-31(35)43)30(42)37-25-14-12-24(13-15-25)22-45-32(44)39(9)20-18-34(6,7)8/h12-15,23,27-28H,10-11,16-22H2,1-9H3,(H,37,42)(H,38,41)(H3,35,36,43)/t27-,28-/m0/s1. The molecule has 254 valence electrons. The van der Waals surface area contributed by atoms with Gasteiger partial charge in [-0.3, -0.25) is 14.4 Å². The molecule has 1 aromatic carbocycles. The number of ether oxygens (including phenoxy) is 1. The second kappa shape index (κ2) is 18.4. The van der Waals surface area contributed by atoms with Crippen LogP contribution in [-0.4, -0.2) is 60.8 Å². The molecule has 2 atom stereocenters. The van der Waals surface area contributed by atoms with Crippen molar-refractivity contribution in [2.75, 3.05) is 25.5 Å². The molecule has 0 unspecified atom stereocenters. The SMILES string of the molecule is CC(C)[C@H](CC(=O)CCC(C)(C)C)C(=O)N[C@@H](CCCNC(N)=O)C(=O)Nc1ccc(COC(=O)N(C)CCC(C)(C)C)cc1. The summed E-state index contributed by atoms with van der Waals surface area (Å²) in [4.78, 5) is 64.4. The largest absolute Gasteiger partial charge is 0.445 e. The van der Waals surface area contributed by atoms with Crippen molar-refractivity contribution < 1.29 is 28.7 Å². The molecule has 0 fully saturated rings. The summed E-state index contributed by atoms with van der Waals surface area (Å²) in [6.45, 7) is 17.2. The first-order valence-electron chi connectivity index (χ1n) is 15.9. The van der Waals surface area contributed by atoms with E-state index in [2.05, 4.69) is 57.5 Å². The molecule has 11 heteroatoms. The zero-order chi connectivity index (χ0) is 34.4. The number of carbonyl (C=O) groups is 5. The van der Waals surface area contributed by atoms with Crippen LogP contribution in [0, 0.1) is 22.7 Å². The molecule has 45 heavy (non-hydrogen) atoms. The molecule has 0 aliphatic rings. The van der Waals surface area contributed by atoms with Crippen LogP contribution in [0.1, 0.15) is 99.5 Å². The molecule has 0 spiro atoms. The summed E-state index contributed by atoms with van der Waals surface area (Å²) >= 11 is 0. The topological polar surface area (TPSA) is 160 Å². The lowest BCUT2D eigenvalue weighted by atomic mass is 9.85. The fourth-order valence-electron chi connectivity index (χ4n) is 4.32. The fourth-order valence-corrected chi connectivity index (χ4v) is 4.32. The van der Waals surface area contributed by atoms with Gasteiger partial charge in [0.25, 0.3) is 0 Å². The van der Waals surface area contributed by atoms with Crippen LogP contribution < -0.4 is 21.7 Å². The Labute approximate surface area is 269 Å². The van der Waals surface area contributed by atoms with Crippen molar-refractivity contribution in [3.63, 3.8) is 0 Å². The van der Waals surface area contributed by atoms with Gasteiger partial charge in [-0.05, 0) is 60.1 Å². The molecule has 0 bridgehead atoms. The van der Waals surface area contributed by atoms with Gasteiger partial charge in [0.2, 0.25) is 11.8 Å². The third kappa shape index (κ3) is 17.4. The summed E-state index contributed by atoms with van der Waals surface area (Å²) in [6, 6.07) is 5.32. The van der Waals surface area contributed by atoms with Gasteiger partial charge in [0.05, 0.1) is 0 Å². The molecule has 1 aromatic rings. The van der Waals surface area contributed by atoms with Crippen molar-refractivity contribution in [2.45, 2.75) is 107 Å². The number of amides is 5. The van der Waals surface area contributed by atoms with Gasteiger partial charge in [-0.15, -0.1) is 0 Å². The van der Waals surface area contributed by atoms with E-state index in [9.17, 15) is 24.0 Å². The summed E-state index contributed by atoms with van der Waals surface area (Å²) in [5, 5.41) is 8.18. The third-order valence-electron chi connectivity index (χ3n) is 7.44. The Morgan fingerprint density at radius 1 is 0.911 bits per heavy atom. The van der Waals surface area contributed by atoms with E-state index in [1.807, 2.05) is 13.8 Å². The van der Waals surface area contributed by atoms with E-state index >= 15 is 0 Å². The lowest BCUT2D eigenvalue weighted by Crippen LogP contribution is -2.47. The Bertz CT molecular complexity index is 1120. The Kier molecular flexibility index (Phi) is 16.1. The number of hydrogen-bond acceptors (Lipinski definition) is 6. The van der Waals surface area contributed by atoms with E-state index in [1.54, 1.807) is 36.2 Å². The second-order valence-corrected chi connectivity index (χ2v) is 14.6. The summed E-state index contributed by atoms with van der Waals surface area (Å²) in [5.41, 5.74) is 6.54. The smallest absolute Gasteiger partial charge is 0.409 e. The number of benzene rings is 1. The average molecular weight is 632 g/mol. The number of carbonyl (C=O) groups excluding carboxylic acids is 5. The highest BCUT2D eigenvalue weighted by atomic mass is 16.6. The molecular formula is C34H57N5O6. The van der Waals surface area contributed by atoms with Crippen LogP contribution in [0.15, 0.2) is 24.3 Å². The normalized spacial score (nSPS) is 13.0. The van der Waals surface area contributed by atoms with Crippen molar-refractivity contribution >= 4 is 35.4 Å². The number of primary amides is 1. The lowest BCUT2D eigenvalue weighted by Gasteiger charge is -2.25.